The van der Waals surface area contributed by atoms with Crippen LogP contribution in [0, 0.1) is 17.6 Å². The van der Waals surface area contributed by atoms with Gasteiger partial charge in [-0.15, -0.1) is 24.8 Å². The summed E-state index contributed by atoms with van der Waals surface area (Å²) < 4.78 is 28.2. The highest BCUT2D eigenvalue weighted by Crippen LogP contribution is 2.43. The second-order valence-corrected chi connectivity index (χ2v) is 6.41. The Hall–Kier alpha value is -0.130. The van der Waals surface area contributed by atoms with Crippen molar-refractivity contribution < 1.29 is 8.78 Å². The average Bonchev–Trinajstić information content (AvgIpc) is 3.02. The minimum Gasteiger partial charge on any atom is -0.314 e. The zero-order chi connectivity index (χ0) is 14.8. The van der Waals surface area contributed by atoms with Gasteiger partial charge in [0.15, 0.2) is 0 Å². The van der Waals surface area contributed by atoms with Crippen molar-refractivity contribution in [2.45, 2.75) is 31.7 Å². The fraction of sp³-hybridized carbons (Fsp3) is 0.625. The first-order valence-corrected chi connectivity index (χ1v) is 8.14. The molecule has 1 aromatic rings. The van der Waals surface area contributed by atoms with Gasteiger partial charge in [-0.25, -0.2) is 8.78 Å². The van der Waals surface area contributed by atoms with Crippen LogP contribution in [0.5, 0.6) is 0 Å². The van der Waals surface area contributed by atoms with Crippen molar-refractivity contribution in [3.63, 3.8) is 0 Å². The van der Waals surface area contributed by atoms with E-state index < -0.39 is 5.82 Å². The van der Waals surface area contributed by atoms with Crippen LogP contribution in [0.3, 0.4) is 0 Å². The molecule has 2 nitrogen and oxygen atoms in total. The van der Waals surface area contributed by atoms with Gasteiger partial charge in [0.25, 0.3) is 0 Å². The molecule has 1 aliphatic carbocycles. The van der Waals surface area contributed by atoms with Crippen LogP contribution in [0.25, 0.3) is 0 Å². The molecule has 1 atom stereocenters. The molecule has 0 bridgehead atoms. The van der Waals surface area contributed by atoms with E-state index in [1.165, 1.54) is 18.9 Å². The van der Waals surface area contributed by atoms with Gasteiger partial charge in [0.1, 0.15) is 11.6 Å². The van der Waals surface area contributed by atoms with Crippen molar-refractivity contribution in [2.24, 2.45) is 5.92 Å². The maximum absolute atomic E-state index is 14.4. The van der Waals surface area contributed by atoms with E-state index in [2.05, 4.69) is 10.2 Å². The molecule has 132 valence electrons. The zero-order valence-electron chi connectivity index (χ0n) is 12.9. The van der Waals surface area contributed by atoms with E-state index in [0.29, 0.717) is 11.5 Å². The zero-order valence-corrected chi connectivity index (χ0v) is 15.3. The molecule has 1 aliphatic heterocycles. The second-order valence-electron chi connectivity index (χ2n) is 6.03. The standard InChI is InChI=1S/C16H21ClF2N2.2ClH/c17-15-13(19)6-5-12(18)14(15)16(11-3-1-2-4-11)21-9-7-20-8-10-21;;/h5-6,11,16,20H,1-4,7-10H2;2*1H/t16-;;/m1../s1. The Morgan fingerprint density at radius 3 is 2.22 bits per heavy atom. The molecule has 1 saturated carbocycles. The van der Waals surface area contributed by atoms with Gasteiger partial charge in [0.2, 0.25) is 0 Å². The lowest BCUT2D eigenvalue weighted by Gasteiger charge is -2.39. The molecule has 3 rings (SSSR count). The lowest BCUT2D eigenvalue weighted by Crippen LogP contribution is -2.47. The van der Waals surface area contributed by atoms with Crippen LogP contribution in [0.4, 0.5) is 8.78 Å². The van der Waals surface area contributed by atoms with Crippen molar-refractivity contribution in [2.75, 3.05) is 26.2 Å². The molecule has 0 radical (unpaired) electrons. The van der Waals surface area contributed by atoms with Crippen LogP contribution < -0.4 is 5.32 Å². The number of benzene rings is 1. The molecule has 0 aromatic heterocycles. The summed E-state index contributed by atoms with van der Waals surface area (Å²) in [7, 11) is 0. The first-order chi connectivity index (χ1) is 10.2. The quantitative estimate of drug-likeness (QED) is 0.763. The fourth-order valence-corrected chi connectivity index (χ4v) is 4.03. The molecule has 0 amide bonds. The molecule has 2 aliphatic rings. The lowest BCUT2D eigenvalue weighted by atomic mass is 9.89. The number of piperazine rings is 1. The van der Waals surface area contributed by atoms with Crippen molar-refractivity contribution in [3.05, 3.63) is 34.4 Å². The molecular formula is C16H23Cl3F2N2. The topological polar surface area (TPSA) is 15.3 Å². The summed E-state index contributed by atoms with van der Waals surface area (Å²) in [5.41, 5.74) is 0.366. The van der Waals surface area contributed by atoms with E-state index in [-0.39, 0.29) is 41.7 Å². The predicted octanol–water partition coefficient (Wildman–Crippen LogP) is 4.60. The number of nitrogens with one attached hydrogen (secondary N) is 1. The van der Waals surface area contributed by atoms with Crippen LogP contribution in [0.15, 0.2) is 12.1 Å². The van der Waals surface area contributed by atoms with Gasteiger partial charge in [0.05, 0.1) is 5.02 Å². The maximum atomic E-state index is 14.4. The third kappa shape index (κ3) is 4.49. The van der Waals surface area contributed by atoms with Crippen molar-refractivity contribution >= 4 is 36.4 Å². The summed E-state index contributed by atoms with van der Waals surface area (Å²) in [4.78, 5) is 2.27. The minimum atomic E-state index is -0.522. The number of halogens is 5. The summed E-state index contributed by atoms with van der Waals surface area (Å²) in [5, 5.41) is 3.27. The van der Waals surface area contributed by atoms with Gasteiger partial charge >= 0.3 is 0 Å². The van der Waals surface area contributed by atoms with Crippen molar-refractivity contribution in [1.82, 2.24) is 10.2 Å². The second kappa shape index (κ2) is 9.38. The Labute approximate surface area is 153 Å². The molecule has 2 fully saturated rings. The van der Waals surface area contributed by atoms with E-state index in [0.717, 1.165) is 45.1 Å². The number of hydrogen-bond donors (Lipinski definition) is 1. The van der Waals surface area contributed by atoms with Crippen molar-refractivity contribution in [1.29, 1.82) is 0 Å². The van der Waals surface area contributed by atoms with Gasteiger partial charge in [-0.2, -0.15) is 0 Å². The Kier molecular flexibility index (Phi) is 8.53. The van der Waals surface area contributed by atoms with E-state index in [1.807, 2.05) is 0 Å². The van der Waals surface area contributed by atoms with E-state index in [9.17, 15) is 8.78 Å². The number of nitrogens with zero attached hydrogens (tertiary/aromatic N) is 1. The lowest BCUT2D eigenvalue weighted by molar-refractivity contribution is 0.122. The summed E-state index contributed by atoms with van der Waals surface area (Å²) in [6.45, 7) is 3.48. The predicted molar refractivity (Wildman–Crippen MR) is 95.0 cm³/mol. The summed E-state index contributed by atoms with van der Waals surface area (Å²) in [5.74, 6) is -0.528. The molecule has 1 N–H and O–H groups in total. The van der Waals surface area contributed by atoms with Crippen LogP contribution in [-0.2, 0) is 0 Å². The molecule has 0 unspecified atom stereocenters. The molecule has 1 heterocycles. The van der Waals surface area contributed by atoms with Crippen LogP contribution in [-0.4, -0.2) is 31.1 Å². The third-order valence-electron chi connectivity index (χ3n) is 4.77. The normalized spacial score (nSPS) is 20.7. The van der Waals surface area contributed by atoms with Crippen LogP contribution in [0.2, 0.25) is 5.02 Å². The number of rotatable bonds is 3. The largest absolute Gasteiger partial charge is 0.314 e. The smallest absolute Gasteiger partial charge is 0.142 e. The maximum Gasteiger partial charge on any atom is 0.142 e. The average molecular weight is 388 g/mol. The number of hydrogen-bond acceptors (Lipinski definition) is 2. The van der Waals surface area contributed by atoms with Gasteiger partial charge in [0, 0.05) is 37.8 Å². The highest BCUT2D eigenvalue weighted by Gasteiger charge is 2.35. The Morgan fingerprint density at radius 2 is 1.61 bits per heavy atom. The Balaban J connectivity index is 0.00000132. The van der Waals surface area contributed by atoms with Crippen LogP contribution in [0.1, 0.15) is 37.3 Å². The molecule has 0 spiro atoms. The van der Waals surface area contributed by atoms with Crippen LogP contribution >= 0.6 is 36.4 Å². The summed E-state index contributed by atoms with van der Waals surface area (Å²) in [6.07, 6.45) is 4.48. The van der Waals surface area contributed by atoms with Gasteiger partial charge < -0.3 is 5.32 Å². The third-order valence-corrected chi connectivity index (χ3v) is 5.15. The monoisotopic (exact) mass is 386 g/mol. The molecular weight excluding hydrogens is 365 g/mol. The molecule has 23 heavy (non-hydrogen) atoms. The van der Waals surface area contributed by atoms with Gasteiger partial charge in [-0.05, 0) is 30.9 Å². The molecule has 1 saturated heterocycles. The summed E-state index contributed by atoms with van der Waals surface area (Å²) in [6, 6.07) is 2.23. The highest BCUT2D eigenvalue weighted by molar-refractivity contribution is 6.31. The first-order valence-electron chi connectivity index (χ1n) is 7.76. The van der Waals surface area contributed by atoms with Gasteiger partial charge in [-0.3, -0.25) is 4.90 Å². The fourth-order valence-electron chi connectivity index (χ4n) is 3.76. The minimum absolute atomic E-state index is 0. The van der Waals surface area contributed by atoms with E-state index in [1.54, 1.807) is 0 Å². The van der Waals surface area contributed by atoms with Crippen molar-refractivity contribution in [3.8, 4) is 0 Å². The Morgan fingerprint density at radius 1 is 1.04 bits per heavy atom. The SMILES string of the molecule is Cl.Cl.Fc1ccc(F)c([C@@H](C2CCCC2)N2CCNCC2)c1Cl. The highest BCUT2D eigenvalue weighted by atomic mass is 35.5. The first kappa shape index (κ1) is 20.9. The molecule has 1 aromatic carbocycles. The molecule has 7 heteroatoms. The summed E-state index contributed by atoms with van der Waals surface area (Å²) >= 11 is 6.13. The Bertz CT molecular complexity index is 504. The van der Waals surface area contributed by atoms with Gasteiger partial charge in [-0.1, -0.05) is 24.4 Å². The van der Waals surface area contributed by atoms with E-state index in [4.69, 9.17) is 11.6 Å². The van der Waals surface area contributed by atoms with E-state index >= 15 is 0 Å².